The molecule has 0 nitrogen and oxygen atoms in total. The Morgan fingerprint density at radius 2 is 1.67 bits per heavy atom. The quantitative estimate of drug-likeness (QED) is 0.507. The molecular weight excluding hydrogens is 232 g/mol. The summed E-state index contributed by atoms with van der Waals surface area (Å²) in [5, 5.41) is 2.50. The zero-order valence-corrected chi connectivity index (χ0v) is 12.2. The largest absolute Gasteiger partial charge is 0.129 e. The molecule has 0 aliphatic carbocycles. The van der Waals surface area contributed by atoms with Crippen LogP contribution in [0.5, 0.6) is 0 Å². The lowest BCUT2D eigenvalue weighted by molar-refractivity contribution is 1.69. The van der Waals surface area contributed by atoms with E-state index < -0.39 is 8.07 Å². The molecule has 0 atom stereocenters. The summed E-state index contributed by atoms with van der Waals surface area (Å²) in [6, 6.07) is 14.8. The number of fused-ring (bicyclic) bond motifs is 1. The van der Waals surface area contributed by atoms with E-state index in [1.54, 1.807) is 0 Å². The third-order valence-corrected chi connectivity index (χ3v) is 3.56. The van der Waals surface area contributed by atoms with E-state index in [4.69, 9.17) is 0 Å². The van der Waals surface area contributed by atoms with Crippen molar-refractivity contribution in [2.45, 2.75) is 19.6 Å². The maximum absolute atomic E-state index is 4.08. The van der Waals surface area contributed by atoms with Crippen LogP contribution in [0.2, 0.25) is 19.6 Å². The van der Waals surface area contributed by atoms with Gasteiger partial charge in [-0.1, -0.05) is 68.5 Å². The summed E-state index contributed by atoms with van der Waals surface area (Å²) in [5.74, 6) is 3.22. The van der Waals surface area contributed by atoms with E-state index in [0.29, 0.717) is 0 Å². The van der Waals surface area contributed by atoms with Crippen LogP contribution in [-0.2, 0) is 0 Å². The molecule has 0 spiro atoms. The second-order valence-corrected chi connectivity index (χ2v) is 10.3. The fraction of sp³-hybridized carbons (Fsp3) is 0.176. The van der Waals surface area contributed by atoms with Crippen LogP contribution >= 0.6 is 0 Å². The lowest BCUT2D eigenvalue weighted by Crippen LogP contribution is -2.16. The standard InChI is InChI=1S/C17H18Si/c1-14(11-12-18(2,3)4)16-10-9-15-7-5-6-8-17(15)13-16/h5-10,13H,1H2,2-4H3. The molecule has 0 fully saturated rings. The van der Waals surface area contributed by atoms with Gasteiger partial charge in [0.05, 0.1) is 0 Å². The zero-order chi connectivity index (χ0) is 13.2. The monoisotopic (exact) mass is 250 g/mol. The third-order valence-electron chi connectivity index (χ3n) is 2.69. The zero-order valence-electron chi connectivity index (χ0n) is 11.2. The minimum Gasteiger partial charge on any atom is -0.127 e. The van der Waals surface area contributed by atoms with Gasteiger partial charge < -0.3 is 0 Å². The fourth-order valence-corrected chi connectivity index (χ4v) is 2.24. The summed E-state index contributed by atoms with van der Waals surface area (Å²) >= 11 is 0. The summed E-state index contributed by atoms with van der Waals surface area (Å²) < 4.78 is 0. The Balaban J connectivity index is 2.36. The summed E-state index contributed by atoms with van der Waals surface area (Å²) in [5.41, 5.74) is 5.40. The molecule has 2 aromatic rings. The number of benzene rings is 2. The minimum atomic E-state index is -1.33. The van der Waals surface area contributed by atoms with Crippen LogP contribution in [0, 0.1) is 11.5 Å². The summed E-state index contributed by atoms with van der Waals surface area (Å²) in [6.07, 6.45) is 0. The van der Waals surface area contributed by atoms with Gasteiger partial charge in [0, 0.05) is 5.57 Å². The maximum Gasteiger partial charge on any atom is 0.129 e. The van der Waals surface area contributed by atoms with Crippen molar-refractivity contribution in [2.24, 2.45) is 0 Å². The van der Waals surface area contributed by atoms with E-state index in [2.05, 4.69) is 80.1 Å². The van der Waals surface area contributed by atoms with Crippen molar-refractivity contribution in [2.75, 3.05) is 0 Å². The van der Waals surface area contributed by atoms with Gasteiger partial charge in [-0.05, 0) is 22.4 Å². The second kappa shape index (κ2) is 4.84. The molecule has 2 rings (SSSR count). The van der Waals surface area contributed by atoms with Gasteiger partial charge in [0.15, 0.2) is 0 Å². The molecule has 2 aromatic carbocycles. The molecule has 0 aliphatic heterocycles. The highest BCUT2D eigenvalue weighted by atomic mass is 28.3. The molecule has 0 saturated carbocycles. The molecule has 0 saturated heterocycles. The van der Waals surface area contributed by atoms with Gasteiger partial charge in [-0.25, -0.2) is 0 Å². The molecule has 0 aliphatic rings. The Morgan fingerprint density at radius 1 is 1.00 bits per heavy atom. The fourth-order valence-electron chi connectivity index (χ4n) is 1.71. The van der Waals surface area contributed by atoms with Crippen molar-refractivity contribution >= 4 is 24.4 Å². The summed E-state index contributed by atoms with van der Waals surface area (Å²) in [7, 11) is -1.33. The average molecular weight is 250 g/mol. The van der Waals surface area contributed by atoms with E-state index in [1.165, 1.54) is 10.8 Å². The Hall–Kier alpha value is -1.78. The Kier molecular flexibility index (Phi) is 3.40. The number of allylic oxidation sites excluding steroid dienone is 1. The third kappa shape index (κ3) is 3.12. The number of hydrogen-bond acceptors (Lipinski definition) is 0. The van der Waals surface area contributed by atoms with Gasteiger partial charge >= 0.3 is 0 Å². The number of rotatable bonds is 1. The molecule has 0 heterocycles. The first-order chi connectivity index (χ1) is 8.46. The normalized spacial score (nSPS) is 10.8. The smallest absolute Gasteiger partial charge is 0.127 e. The van der Waals surface area contributed by atoms with Crippen molar-refractivity contribution < 1.29 is 0 Å². The Bertz CT molecular complexity index is 648. The van der Waals surface area contributed by atoms with Gasteiger partial charge in [-0.2, -0.15) is 0 Å². The van der Waals surface area contributed by atoms with Crippen LogP contribution in [-0.4, -0.2) is 8.07 Å². The minimum absolute atomic E-state index is 0.920. The highest BCUT2D eigenvalue weighted by Crippen LogP contribution is 2.19. The highest BCUT2D eigenvalue weighted by molar-refractivity contribution is 6.84. The summed E-state index contributed by atoms with van der Waals surface area (Å²) in [6.45, 7) is 10.8. The molecule has 1 heteroatoms. The molecule has 0 amide bonds. The van der Waals surface area contributed by atoms with Crippen molar-refractivity contribution in [3.05, 3.63) is 54.6 Å². The Morgan fingerprint density at radius 3 is 2.33 bits per heavy atom. The topological polar surface area (TPSA) is 0 Å². The van der Waals surface area contributed by atoms with Crippen molar-refractivity contribution in [3.63, 3.8) is 0 Å². The van der Waals surface area contributed by atoms with Crippen LogP contribution < -0.4 is 0 Å². The molecule has 0 aromatic heterocycles. The van der Waals surface area contributed by atoms with Gasteiger partial charge in [-0.3, -0.25) is 0 Å². The molecule has 0 N–H and O–H groups in total. The predicted octanol–water partition coefficient (Wildman–Crippen LogP) is 4.73. The van der Waals surface area contributed by atoms with E-state index >= 15 is 0 Å². The maximum atomic E-state index is 4.08. The molecular formula is C17H18Si. The van der Waals surface area contributed by atoms with Crippen molar-refractivity contribution in [3.8, 4) is 11.5 Å². The van der Waals surface area contributed by atoms with Crippen LogP contribution in [0.25, 0.3) is 16.3 Å². The lowest BCUT2D eigenvalue weighted by atomic mass is 10.0. The molecule has 0 radical (unpaired) electrons. The second-order valence-electron chi connectivity index (χ2n) is 5.54. The SMILES string of the molecule is C=C(C#C[Si](C)(C)C)c1ccc2ccccc2c1. The van der Waals surface area contributed by atoms with Crippen molar-refractivity contribution in [1.29, 1.82) is 0 Å². The lowest BCUT2D eigenvalue weighted by Gasteiger charge is -2.05. The van der Waals surface area contributed by atoms with Gasteiger partial charge in [0.25, 0.3) is 0 Å². The number of hydrogen-bond donors (Lipinski definition) is 0. The first-order valence-electron chi connectivity index (χ1n) is 6.17. The molecule has 90 valence electrons. The molecule has 18 heavy (non-hydrogen) atoms. The first-order valence-corrected chi connectivity index (χ1v) is 9.67. The van der Waals surface area contributed by atoms with E-state index in [0.717, 1.165) is 11.1 Å². The average Bonchev–Trinajstić information content (AvgIpc) is 2.34. The highest BCUT2D eigenvalue weighted by Gasteiger charge is 2.07. The van der Waals surface area contributed by atoms with Crippen LogP contribution in [0.1, 0.15) is 5.56 Å². The first kappa shape index (κ1) is 12.7. The van der Waals surface area contributed by atoms with Crippen LogP contribution in [0.4, 0.5) is 0 Å². The van der Waals surface area contributed by atoms with Gasteiger partial charge in [0.2, 0.25) is 0 Å². The van der Waals surface area contributed by atoms with E-state index in [1.807, 2.05) is 0 Å². The van der Waals surface area contributed by atoms with Gasteiger partial charge in [-0.15, -0.1) is 5.54 Å². The Labute approximate surface area is 110 Å². The molecule has 0 bridgehead atoms. The molecule has 0 unspecified atom stereocenters. The van der Waals surface area contributed by atoms with E-state index in [-0.39, 0.29) is 0 Å². The van der Waals surface area contributed by atoms with Gasteiger partial charge in [0.1, 0.15) is 8.07 Å². The van der Waals surface area contributed by atoms with E-state index in [9.17, 15) is 0 Å². The van der Waals surface area contributed by atoms with Crippen molar-refractivity contribution in [1.82, 2.24) is 0 Å². The predicted molar refractivity (Wildman–Crippen MR) is 84.1 cm³/mol. The summed E-state index contributed by atoms with van der Waals surface area (Å²) in [4.78, 5) is 0. The van der Waals surface area contributed by atoms with Crippen LogP contribution in [0.3, 0.4) is 0 Å². The van der Waals surface area contributed by atoms with Crippen LogP contribution in [0.15, 0.2) is 49.0 Å².